The third-order valence-corrected chi connectivity index (χ3v) is 11.0. The van der Waals surface area contributed by atoms with E-state index in [0.717, 1.165) is 0 Å². The maximum atomic E-state index is 11.7. The summed E-state index contributed by atoms with van der Waals surface area (Å²) in [5.74, 6) is 0. The second-order valence-electron chi connectivity index (χ2n) is 8.88. The molecule has 1 fully saturated rings. The number of likely N-dealkylation sites (tertiary alicyclic amines) is 1. The first-order valence-electron chi connectivity index (χ1n) is 10.1. The average molecular weight is 414 g/mol. The number of nitrogens with zero attached hydrogens (tertiary/aromatic N) is 1. The van der Waals surface area contributed by atoms with E-state index in [2.05, 4.69) is 45.0 Å². The van der Waals surface area contributed by atoms with E-state index in [9.17, 15) is 15.0 Å². The number of hydrogen-bond acceptors (Lipinski definition) is 3. The molecule has 1 saturated heterocycles. The van der Waals surface area contributed by atoms with Crippen LogP contribution in [0.2, 0.25) is 5.04 Å². The van der Waals surface area contributed by atoms with Crippen molar-refractivity contribution in [2.24, 2.45) is 0 Å². The smallest absolute Gasteiger partial charge is 0.407 e. The molecule has 1 aliphatic heterocycles. The highest BCUT2D eigenvalue weighted by molar-refractivity contribution is 6.99. The summed E-state index contributed by atoms with van der Waals surface area (Å²) in [4.78, 5) is 13.1. The van der Waals surface area contributed by atoms with Gasteiger partial charge in [0.15, 0.2) is 0 Å². The van der Waals surface area contributed by atoms with E-state index >= 15 is 0 Å². The normalized spacial score (nSPS) is 21.2. The zero-order chi connectivity index (χ0) is 21.2. The topological polar surface area (TPSA) is 70.0 Å². The Hall–Kier alpha value is -2.15. The fraction of sp³-hybridized carbons (Fsp3) is 0.435. The molecule has 0 spiro atoms. The Morgan fingerprint density at radius 3 is 1.90 bits per heavy atom. The van der Waals surface area contributed by atoms with E-state index < -0.39 is 26.6 Å². The van der Waals surface area contributed by atoms with Gasteiger partial charge in [0.1, 0.15) is 0 Å². The molecule has 3 rings (SSSR count). The van der Waals surface area contributed by atoms with Crippen LogP contribution in [0.4, 0.5) is 4.79 Å². The first-order valence-corrected chi connectivity index (χ1v) is 12.0. The number of benzene rings is 2. The first kappa shape index (κ1) is 21.6. The van der Waals surface area contributed by atoms with Crippen LogP contribution >= 0.6 is 0 Å². The van der Waals surface area contributed by atoms with Gasteiger partial charge in [0.05, 0.1) is 18.2 Å². The summed E-state index contributed by atoms with van der Waals surface area (Å²) >= 11 is 0. The molecule has 0 saturated carbocycles. The first-order chi connectivity index (χ1) is 13.7. The lowest BCUT2D eigenvalue weighted by molar-refractivity contribution is 0.0782. The van der Waals surface area contributed by atoms with E-state index in [1.165, 1.54) is 15.3 Å². The Balaban J connectivity index is 2.09. The molecule has 5 nitrogen and oxygen atoms in total. The van der Waals surface area contributed by atoms with Crippen LogP contribution in [-0.4, -0.2) is 54.3 Å². The van der Waals surface area contributed by atoms with Crippen molar-refractivity contribution in [1.82, 2.24) is 4.90 Å². The van der Waals surface area contributed by atoms with E-state index in [0.29, 0.717) is 6.42 Å². The number of carbonyl (C=O) groups is 1. The van der Waals surface area contributed by atoms with Crippen molar-refractivity contribution in [3.63, 3.8) is 0 Å². The van der Waals surface area contributed by atoms with Gasteiger partial charge in [-0.3, -0.25) is 0 Å². The average Bonchev–Trinajstić information content (AvgIpc) is 3.11. The minimum atomic E-state index is -2.74. The summed E-state index contributed by atoms with van der Waals surface area (Å²) < 4.78 is 7.02. The molecule has 2 aromatic rings. The lowest BCUT2D eigenvalue weighted by Gasteiger charge is -2.44. The third kappa shape index (κ3) is 4.10. The molecule has 2 aromatic carbocycles. The predicted octanol–water partition coefficient (Wildman–Crippen LogP) is 3.06. The molecule has 0 unspecified atom stereocenters. The van der Waals surface area contributed by atoms with Gasteiger partial charge in [0.25, 0.3) is 8.32 Å². The minimum absolute atomic E-state index is 0.174. The minimum Gasteiger partial charge on any atom is -0.465 e. The van der Waals surface area contributed by atoms with Crippen molar-refractivity contribution in [3.8, 4) is 0 Å². The van der Waals surface area contributed by atoms with Crippen LogP contribution in [-0.2, 0) is 4.43 Å². The van der Waals surface area contributed by atoms with Crippen LogP contribution in [0.5, 0.6) is 0 Å². The van der Waals surface area contributed by atoms with Crippen molar-refractivity contribution in [1.29, 1.82) is 0 Å². The number of aliphatic hydroxyl groups is 1. The van der Waals surface area contributed by atoms with Crippen LogP contribution in [0.25, 0.3) is 0 Å². The Kier molecular flexibility index (Phi) is 6.17. The van der Waals surface area contributed by atoms with Crippen LogP contribution in [0.15, 0.2) is 60.7 Å². The Labute approximate surface area is 174 Å². The lowest BCUT2D eigenvalue weighted by Crippen LogP contribution is -2.67. The number of rotatable bonds is 5. The lowest BCUT2D eigenvalue weighted by atomic mass is 10.1. The maximum Gasteiger partial charge on any atom is 0.407 e. The second kappa shape index (κ2) is 8.30. The van der Waals surface area contributed by atoms with Crippen LogP contribution in [0, 0.1) is 0 Å². The molecule has 1 heterocycles. The third-order valence-electron chi connectivity index (χ3n) is 5.87. The molecule has 1 aliphatic rings. The van der Waals surface area contributed by atoms with Gasteiger partial charge >= 0.3 is 6.09 Å². The highest BCUT2D eigenvalue weighted by Gasteiger charge is 2.53. The number of carboxylic acid groups (broad SMARTS) is 1. The number of amides is 1. The summed E-state index contributed by atoms with van der Waals surface area (Å²) in [6.07, 6.45) is -1.52. The van der Waals surface area contributed by atoms with Gasteiger partial charge in [-0.2, -0.15) is 0 Å². The van der Waals surface area contributed by atoms with E-state index in [1.54, 1.807) is 6.92 Å². The van der Waals surface area contributed by atoms with Gasteiger partial charge in [0.2, 0.25) is 0 Å². The van der Waals surface area contributed by atoms with E-state index in [1.807, 2.05) is 36.4 Å². The van der Waals surface area contributed by atoms with Gasteiger partial charge < -0.3 is 19.5 Å². The number of aliphatic hydroxyl groups excluding tert-OH is 1. The monoisotopic (exact) mass is 413 g/mol. The van der Waals surface area contributed by atoms with Crippen LogP contribution in [0.3, 0.4) is 0 Å². The molecule has 1 amide bonds. The van der Waals surface area contributed by atoms with Crippen LogP contribution in [0.1, 0.15) is 34.1 Å². The van der Waals surface area contributed by atoms with Gasteiger partial charge in [0, 0.05) is 6.54 Å². The van der Waals surface area contributed by atoms with Gasteiger partial charge in [-0.15, -0.1) is 0 Å². The summed E-state index contributed by atoms with van der Waals surface area (Å²) in [5.41, 5.74) is 0. The van der Waals surface area contributed by atoms with Crippen molar-refractivity contribution in [2.75, 3.05) is 6.54 Å². The molecule has 156 valence electrons. The Morgan fingerprint density at radius 2 is 1.55 bits per heavy atom. The number of hydrogen-bond donors (Lipinski definition) is 2. The molecule has 2 N–H and O–H groups in total. The molecular formula is C23H31NO4Si. The quantitative estimate of drug-likeness (QED) is 0.739. The zero-order valence-corrected chi connectivity index (χ0v) is 18.6. The molecule has 6 heteroatoms. The molecule has 0 radical (unpaired) electrons. The summed E-state index contributed by atoms with van der Waals surface area (Å²) in [7, 11) is -2.74. The Bertz CT molecular complexity index is 780. The van der Waals surface area contributed by atoms with Crippen LogP contribution < -0.4 is 10.4 Å². The zero-order valence-electron chi connectivity index (χ0n) is 17.6. The van der Waals surface area contributed by atoms with Crippen molar-refractivity contribution < 1.29 is 19.4 Å². The summed E-state index contributed by atoms with van der Waals surface area (Å²) in [5, 5.41) is 21.9. The molecule has 29 heavy (non-hydrogen) atoms. The van der Waals surface area contributed by atoms with Gasteiger partial charge in [-0.05, 0) is 28.8 Å². The molecule has 3 atom stereocenters. The molecule has 0 aliphatic carbocycles. The SMILES string of the molecule is C[C@@H](O)[C@H]1C[C@@H](O[Si](c2ccccc2)(c2ccccc2)C(C)(C)C)CN1C(=O)O. The molecule has 0 aromatic heterocycles. The molecule has 0 bridgehead atoms. The van der Waals surface area contributed by atoms with Crippen molar-refractivity contribution in [2.45, 2.75) is 57.4 Å². The summed E-state index contributed by atoms with van der Waals surface area (Å²) in [6, 6.07) is 20.2. The second-order valence-corrected chi connectivity index (χ2v) is 13.1. The largest absolute Gasteiger partial charge is 0.465 e. The standard InChI is InChI=1S/C23H31NO4Si/c1-17(25)21-15-18(16-24(21)22(26)27)28-29(23(2,3)4,19-11-7-5-8-12-19)20-13-9-6-10-14-20/h5-14,17-18,21,25H,15-16H2,1-4H3,(H,26,27)/t17-,18-,21-/m1/s1. The van der Waals surface area contributed by atoms with E-state index in [4.69, 9.17) is 4.43 Å². The van der Waals surface area contributed by atoms with Crippen molar-refractivity contribution in [3.05, 3.63) is 60.7 Å². The van der Waals surface area contributed by atoms with E-state index in [-0.39, 0.29) is 17.7 Å². The van der Waals surface area contributed by atoms with Gasteiger partial charge in [-0.1, -0.05) is 81.4 Å². The molecular weight excluding hydrogens is 382 g/mol. The Morgan fingerprint density at radius 1 is 1.07 bits per heavy atom. The summed E-state index contributed by atoms with van der Waals surface area (Å²) in [6.45, 7) is 8.53. The fourth-order valence-electron chi connectivity index (χ4n) is 4.53. The fourth-order valence-corrected chi connectivity index (χ4v) is 9.22. The predicted molar refractivity (Wildman–Crippen MR) is 117 cm³/mol. The van der Waals surface area contributed by atoms with Gasteiger partial charge in [-0.25, -0.2) is 4.79 Å². The van der Waals surface area contributed by atoms with Crippen molar-refractivity contribution >= 4 is 24.8 Å². The highest BCUT2D eigenvalue weighted by Crippen LogP contribution is 2.39. The highest BCUT2D eigenvalue weighted by atomic mass is 28.4. The maximum absolute atomic E-state index is 11.7.